The molecule has 6 nitrogen and oxygen atoms in total. The Balaban J connectivity index is 1.46. The molecule has 2 fully saturated rings. The molecule has 2 N–H and O–H groups in total. The highest BCUT2D eigenvalue weighted by Crippen LogP contribution is 2.43. The first kappa shape index (κ1) is 22.9. The molecule has 7 heteroatoms. The number of nitrogens with one attached hydrogen (secondary N) is 1. The Morgan fingerprint density at radius 1 is 1.12 bits per heavy atom. The second-order valence-corrected chi connectivity index (χ2v) is 10.1. The third-order valence-electron chi connectivity index (χ3n) is 7.60. The van der Waals surface area contributed by atoms with Gasteiger partial charge in [0, 0.05) is 42.0 Å². The minimum atomic E-state index is 0.270. The minimum absolute atomic E-state index is 0.270. The summed E-state index contributed by atoms with van der Waals surface area (Å²) in [5, 5.41) is 24.9. The van der Waals surface area contributed by atoms with Crippen molar-refractivity contribution in [2.45, 2.75) is 39.2 Å². The number of anilines is 2. The number of aryl methyl sites for hydroxylation is 1. The van der Waals surface area contributed by atoms with Crippen LogP contribution in [0.25, 0.3) is 15.6 Å². The van der Waals surface area contributed by atoms with E-state index in [1.165, 1.54) is 19.3 Å². The summed E-state index contributed by atoms with van der Waals surface area (Å²) in [6.45, 7) is 12.2. The van der Waals surface area contributed by atoms with Gasteiger partial charge in [-0.2, -0.15) is 0 Å². The quantitative estimate of drug-likeness (QED) is 0.429. The molecule has 1 aliphatic heterocycles. The van der Waals surface area contributed by atoms with Gasteiger partial charge in [-0.3, -0.25) is 0 Å². The van der Waals surface area contributed by atoms with E-state index in [2.05, 4.69) is 31.3 Å². The molecule has 34 heavy (non-hydrogen) atoms. The van der Waals surface area contributed by atoms with Crippen LogP contribution in [0.5, 0.6) is 0 Å². The predicted octanol–water partition coefficient (Wildman–Crippen LogP) is 5.99. The number of hydrogen-bond donors (Lipinski definition) is 2. The number of piperidine rings is 1. The summed E-state index contributed by atoms with van der Waals surface area (Å²) in [5.41, 5.74) is 2.70. The van der Waals surface area contributed by atoms with E-state index >= 15 is 0 Å². The van der Waals surface area contributed by atoms with Crippen LogP contribution in [0, 0.1) is 31.2 Å². The van der Waals surface area contributed by atoms with E-state index < -0.39 is 0 Å². The number of benzene rings is 2. The van der Waals surface area contributed by atoms with Gasteiger partial charge in [-0.15, -0.1) is 10.2 Å². The average molecular weight is 476 g/mol. The summed E-state index contributed by atoms with van der Waals surface area (Å²) >= 11 is 6.30. The fourth-order valence-electron chi connectivity index (χ4n) is 5.84. The fraction of sp³-hybridized carbons (Fsp3) is 0.444. The van der Waals surface area contributed by atoms with Gasteiger partial charge in [0.05, 0.1) is 6.57 Å². The molecule has 0 radical (unpaired) electrons. The normalized spacial score (nSPS) is 21.9. The molecule has 1 saturated carbocycles. The Morgan fingerprint density at radius 2 is 1.91 bits per heavy atom. The first-order chi connectivity index (χ1) is 16.6. The topological polar surface area (TPSA) is 65.6 Å². The van der Waals surface area contributed by atoms with E-state index in [0.717, 1.165) is 52.3 Å². The Bertz CT molecular complexity index is 1230. The van der Waals surface area contributed by atoms with Gasteiger partial charge in [0.2, 0.25) is 0 Å². The Hall–Kier alpha value is -2.88. The van der Waals surface area contributed by atoms with Gasteiger partial charge in [-0.1, -0.05) is 42.3 Å². The molecular weight excluding hydrogens is 446 g/mol. The van der Waals surface area contributed by atoms with Crippen molar-refractivity contribution in [2.75, 3.05) is 29.9 Å². The van der Waals surface area contributed by atoms with Gasteiger partial charge in [0.15, 0.2) is 17.3 Å². The van der Waals surface area contributed by atoms with Crippen molar-refractivity contribution in [2.24, 2.45) is 17.8 Å². The molecule has 1 saturated heterocycles. The van der Waals surface area contributed by atoms with Crippen LogP contribution in [-0.4, -0.2) is 35.0 Å². The second-order valence-electron chi connectivity index (χ2n) is 9.68. The van der Waals surface area contributed by atoms with E-state index in [1.807, 2.05) is 37.3 Å². The number of fused-ring (bicyclic) bond motifs is 3. The highest BCUT2D eigenvalue weighted by atomic mass is 35.5. The van der Waals surface area contributed by atoms with Gasteiger partial charge in [0.1, 0.15) is 0 Å². The third-order valence-corrected chi connectivity index (χ3v) is 8.01. The lowest BCUT2D eigenvalue weighted by Crippen LogP contribution is -2.49. The molecule has 0 spiro atoms. The summed E-state index contributed by atoms with van der Waals surface area (Å²) in [7, 11) is 0. The van der Waals surface area contributed by atoms with Crippen molar-refractivity contribution in [1.82, 2.24) is 10.2 Å². The first-order valence-electron chi connectivity index (χ1n) is 12.1. The van der Waals surface area contributed by atoms with E-state index in [9.17, 15) is 5.11 Å². The summed E-state index contributed by atoms with van der Waals surface area (Å²) in [6, 6.07) is 11.8. The van der Waals surface area contributed by atoms with Crippen LogP contribution in [0.1, 0.15) is 36.8 Å². The highest BCUT2D eigenvalue weighted by molar-refractivity contribution is 6.31. The van der Waals surface area contributed by atoms with E-state index in [0.29, 0.717) is 35.8 Å². The minimum Gasteiger partial charge on any atom is -0.396 e. The number of aromatic nitrogens is 2. The lowest BCUT2D eigenvalue weighted by molar-refractivity contribution is 0.0962. The zero-order chi connectivity index (χ0) is 23.7. The van der Waals surface area contributed by atoms with Crippen molar-refractivity contribution in [3.05, 3.63) is 64.0 Å². The Kier molecular flexibility index (Phi) is 6.58. The third kappa shape index (κ3) is 4.43. The summed E-state index contributed by atoms with van der Waals surface area (Å²) in [5.74, 6) is 3.35. The molecule has 2 aliphatic rings. The molecule has 176 valence electrons. The largest absolute Gasteiger partial charge is 0.396 e. The van der Waals surface area contributed by atoms with Crippen LogP contribution >= 0.6 is 11.6 Å². The van der Waals surface area contributed by atoms with E-state index in [1.54, 1.807) is 0 Å². The van der Waals surface area contributed by atoms with Gasteiger partial charge in [-0.25, -0.2) is 4.85 Å². The SMILES string of the molecule is [C-]#[N+]c1ccc2c(N3CC4CCCC(C3)C4CCO)nnc(NCc3ccc(C)c(Cl)c3)c2c1. The predicted molar refractivity (Wildman–Crippen MR) is 138 cm³/mol. The van der Waals surface area contributed by atoms with E-state index in [4.69, 9.17) is 18.2 Å². The zero-order valence-electron chi connectivity index (χ0n) is 19.5. The lowest BCUT2D eigenvalue weighted by atomic mass is 9.68. The number of nitrogens with zero attached hydrogens (tertiary/aromatic N) is 4. The van der Waals surface area contributed by atoms with Gasteiger partial charge in [0.25, 0.3) is 0 Å². The van der Waals surface area contributed by atoms with Gasteiger partial charge < -0.3 is 15.3 Å². The monoisotopic (exact) mass is 475 g/mol. The molecule has 1 aromatic heterocycles. The Labute approximate surface area is 205 Å². The van der Waals surface area contributed by atoms with E-state index in [-0.39, 0.29) is 6.61 Å². The van der Waals surface area contributed by atoms with Crippen LogP contribution in [0.4, 0.5) is 17.3 Å². The van der Waals surface area contributed by atoms with Gasteiger partial charge in [-0.05, 0) is 67.2 Å². The average Bonchev–Trinajstić information content (AvgIpc) is 2.84. The van der Waals surface area contributed by atoms with Gasteiger partial charge >= 0.3 is 0 Å². The van der Waals surface area contributed by atoms with Crippen molar-refractivity contribution in [3.8, 4) is 0 Å². The van der Waals surface area contributed by atoms with Crippen LogP contribution in [0.2, 0.25) is 5.02 Å². The molecule has 2 atom stereocenters. The second kappa shape index (κ2) is 9.77. The number of aliphatic hydroxyl groups is 1. The maximum Gasteiger partial charge on any atom is 0.188 e. The molecule has 0 amide bonds. The number of halogens is 1. The molecule has 2 bridgehead atoms. The molecule has 3 aromatic rings. The highest BCUT2D eigenvalue weighted by Gasteiger charge is 2.39. The van der Waals surface area contributed by atoms with Crippen molar-refractivity contribution in [3.63, 3.8) is 0 Å². The molecule has 5 rings (SSSR count). The smallest absolute Gasteiger partial charge is 0.188 e. The standard InChI is InChI=1S/C27H30ClN5O/c1-17-6-7-18(12-25(17)28)14-30-26-24-13-21(29-2)8-9-23(24)27(32-31-26)33-15-19-4-3-5-20(16-33)22(19)10-11-34/h6-9,12-13,19-20,22,34H,3-5,10-11,14-16H2,1H3,(H,30,31). The van der Waals surface area contributed by atoms with Crippen LogP contribution in [0.3, 0.4) is 0 Å². The molecular formula is C27H30ClN5O. The molecule has 2 heterocycles. The summed E-state index contributed by atoms with van der Waals surface area (Å²) in [6.07, 6.45) is 4.60. The first-order valence-corrected chi connectivity index (χ1v) is 12.5. The molecule has 2 unspecified atom stereocenters. The van der Waals surface area contributed by atoms with Crippen molar-refractivity contribution >= 4 is 39.7 Å². The van der Waals surface area contributed by atoms with Crippen LogP contribution < -0.4 is 10.2 Å². The zero-order valence-corrected chi connectivity index (χ0v) is 20.2. The van der Waals surface area contributed by atoms with Crippen molar-refractivity contribution in [1.29, 1.82) is 0 Å². The number of rotatable bonds is 6. The maximum atomic E-state index is 9.56. The van der Waals surface area contributed by atoms with Crippen LogP contribution in [0.15, 0.2) is 36.4 Å². The number of hydrogen-bond acceptors (Lipinski definition) is 5. The Morgan fingerprint density at radius 3 is 2.62 bits per heavy atom. The van der Waals surface area contributed by atoms with Crippen molar-refractivity contribution < 1.29 is 5.11 Å². The summed E-state index contributed by atoms with van der Waals surface area (Å²) in [4.78, 5) is 6.03. The lowest BCUT2D eigenvalue weighted by Gasteiger charge is -2.48. The maximum absolute atomic E-state index is 9.56. The number of aliphatic hydroxyl groups excluding tert-OH is 1. The molecule has 2 aromatic carbocycles. The summed E-state index contributed by atoms with van der Waals surface area (Å²) < 4.78 is 0. The fourth-order valence-corrected chi connectivity index (χ4v) is 6.04. The van der Waals surface area contributed by atoms with Crippen LogP contribution in [-0.2, 0) is 6.54 Å². The molecule has 1 aliphatic carbocycles.